The molecule has 104 valence electrons. The van der Waals surface area contributed by atoms with Crippen LogP contribution in [0.3, 0.4) is 0 Å². The second kappa shape index (κ2) is 3.97. The minimum absolute atomic E-state index is 0.157. The molecule has 0 atom stereocenters. The van der Waals surface area contributed by atoms with Crippen molar-refractivity contribution >= 4 is 12.2 Å². The molecule has 0 aliphatic carbocycles. The van der Waals surface area contributed by atoms with E-state index in [0.29, 0.717) is 25.3 Å². The monoisotopic (exact) mass is 273 g/mol. The van der Waals surface area contributed by atoms with Crippen LogP contribution in [0.15, 0.2) is 24.3 Å². The molecule has 0 unspecified atom stereocenters. The van der Waals surface area contributed by atoms with Crippen LogP contribution in [0.5, 0.6) is 0 Å². The average molecular weight is 273 g/mol. The summed E-state index contributed by atoms with van der Waals surface area (Å²) in [4.78, 5) is 0. The summed E-state index contributed by atoms with van der Waals surface area (Å²) in [6.45, 7) is 1.39. The van der Waals surface area contributed by atoms with E-state index in [2.05, 4.69) is 0 Å². The minimum Gasteiger partial charge on any atom is -0.540 e. The van der Waals surface area contributed by atoms with E-state index in [9.17, 15) is 13.2 Å². The first-order valence-corrected chi connectivity index (χ1v) is 6.06. The predicted octanol–water partition coefficient (Wildman–Crippen LogP) is 1.93. The van der Waals surface area contributed by atoms with Gasteiger partial charge in [-0.2, -0.15) is 13.2 Å². The van der Waals surface area contributed by atoms with Crippen molar-refractivity contribution in [2.24, 2.45) is 5.41 Å². The Morgan fingerprint density at radius 3 is 1.89 bits per heavy atom. The number of fused-ring (bicyclic) bond motifs is 3. The van der Waals surface area contributed by atoms with Crippen molar-refractivity contribution in [2.75, 3.05) is 19.8 Å². The van der Waals surface area contributed by atoms with Crippen LogP contribution in [0, 0.1) is 5.41 Å². The standard InChI is InChI=1S/C12H13BF3O3/c1-11-6-17-13(18-7-11,19-8-11)10-4-2-9(3-5-10)12(14,15)16/h2-5H,6-8H2,1H3/q-1. The van der Waals surface area contributed by atoms with Crippen LogP contribution >= 0.6 is 0 Å². The zero-order chi connectivity index (χ0) is 13.7. The zero-order valence-corrected chi connectivity index (χ0v) is 10.4. The molecule has 0 saturated carbocycles. The SMILES string of the molecule is CC12CO[B-](c3ccc(C(F)(F)F)cc3)(OC1)OC2. The highest BCUT2D eigenvalue weighted by Crippen LogP contribution is 2.35. The van der Waals surface area contributed by atoms with Gasteiger partial charge in [-0.1, -0.05) is 31.2 Å². The fraction of sp³-hybridized carbons (Fsp3) is 0.500. The molecule has 3 nitrogen and oxygen atoms in total. The highest BCUT2D eigenvalue weighted by Gasteiger charge is 2.46. The molecule has 0 N–H and O–H groups in total. The van der Waals surface area contributed by atoms with Gasteiger partial charge >= 0.3 is 12.9 Å². The van der Waals surface area contributed by atoms with Gasteiger partial charge in [0, 0.05) is 25.2 Å². The summed E-state index contributed by atoms with van der Waals surface area (Å²) in [5.74, 6) is 0. The molecule has 7 heteroatoms. The molecule has 3 saturated heterocycles. The Morgan fingerprint density at radius 1 is 1.00 bits per heavy atom. The maximum atomic E-state index is 12.5. The Morgan fingerprint density at radius 2 is 1.47 bits per heavy atom. The summed E-state index contributed by atoms with van der Waals surface area (Å²) in [5.41, 5.74) is -0.343. The van der Waals surface area contributed by atoms with E-state index in [1.165, 1.54) is 12.1 Å². The van der Waals surface area contributed by atoms with Crippen LogP contribution in [0.25, 0.3) is 0 Å². The Kier molecular flexibility index (Phi) is 2.71. The summed E-state index contributed by atoms with van der Waals surface area (Å²) >= 11 is 0. The smallest absolute Gasteiger partial charge is 0.416 e. The molecule has 1 aromatic carbocycles. The number of hydrogen-bond donors (Lipinski definition) is 0. The first kappa shape index (κ1) is 13.0. The quantitative estimate of drug-likeness (QED) is 0.732. The largest absolute Gasteiger partial charge is 0.540 e. The van der Waals surface area contributed by atoms with E-state index in [1.54, 1.807) is 0 Å². The first-order valence-electron chi connectivity index (χ1n) is 6.06. The topological polar surface area (TPSA) is 27.7 Å². The Hall–Kier alpha value is -1.05. The lowest BCUT2D eigenvalue weighted by atomic mass is 9.64. The van der Waals surface area contributed by atoms with E-state index in [4.69, 9.17) is 14.0 Å². The van der Waals surface area contributed by atoms with Gasteiger partial charge in [0.1, 0.15) is 0 Å². The normalized spacial score (nSPS) is 34.5. The number of halogens is 3. The van der Waals surface area contributed by atoms with E-state index in [0.717, 1.165) is 12.1 Å². The summed E-state index contributed by atoms with van der Waals surface area (Å²) < 4.78 is 54.4. The Labute approximate surface area is 108 Å². The molecule has 3 heterocycles. The molecule has 3 fully saturated rings. The lowest BCUT2D eigenvalue weighted by Crippen LogP contribution is -2.68. The van der Waals surface area contributed by atoms with Crippen LogP contribution in [0.1, 0.15) is 12.5 Å². The second-order valence-electron chi connectivity index (χ2n) is 5.51. The third kappa shape index (κ3) is 2.15. The van der Waals surface area contributed by atoms with Crippen molar-refractivity contribution < 1.29 is 27.1 Å². The first-order chi connectivity index (χ1) is 8.83. The van der Waals surface area contributed by atoms with Crippen LogP contribution in [0.2, 0.25) is 0 Å². The van der Waals surface area contributed by atoms with Gasteiger partial charge in [0.15, 0.2) is 0 Å². The van der Waals surface area contributed by atoms with Crippen molar-refractivity contribution in [3.63, 3.8) is 0 Å². The molecule has 3 aliphatic heterocycles. The van der Waals surface area contributed by atoms with Gasteiger partial charge in [0.05, 0.1) is 5.56 Å². The summed E-state index contributed by atoms with van der Waals surface area (Å²) in [6.07, 6.45) is -4.34. The number of alkyl halides is 3. The highest BCUT2D eigenvalue weighted by molar-refractivity contribution is 6.75. The van der Waals surface area contributed by atoms with Crippen molar-refractivity contribution in [1.29, 1.82) is 0 Å². The summed E-state index contributed by atoms with van der Waals surface area (Å²) in [6, 6.07) is 4.75. The molecule has 0 radical (unpaired) electrons. The number of benzene rings is 1. The highest BCUT2D eigenvalue weighted by atomic mass is 19.4. The van der Waals surface area contributed by atoms with Crippen LogP contribution in [-0.4, -0.2) is 26.6 Å². The van der Waals surface area contributed by atoms with Crippen molar-refractivity contribution in [3.05, 3.63) is 29.8 Å². The molecule has 3 aliphatic rings. The number of hydrogen-bond acceptors (Lipinski definition) is 3. The molecule has 19 heavy (non-hydrogen) atoms. The molecular weight excluding hydrogens is 260 g/mol. The Bertz CT molecular complexity index is 461. The Balaban J connectivity index is 1.87. The van der Waals surface area contributed by atoms with E-state index >= 15 is 0 Å². The molecule has 2 bridgehead atoms. The predicted molar refractivity (Wildman–Crippen MR) is 62.8 cm³/mol. The third-order valence-electron chi connectivity index (χ3n) is 3.60. The lowest BCUT2D eigenvalue weighted by molar-refractivity contribution is -0.137. The molecule has 0 amide bonds. The van der Waals surface area contributed by atoms with Crippen LogP contribution in [-0.2, 0) is 20.1 Å². The van der Waals surface area contributed by atoms with Gasteiger partial charge < -0.3 is 14.0 Å². The van der Waals surface area contributed by atoms with Crippen molar-refractivity contribution in [1.82, 2.24) is 0 Å². The van der Waals surface area contributed by atoms with Gasteiger partial charge in [-0.05, 0) is 0 Å². The van der Waals surface area contributed by atoms with Gasteiger partial charge in [0.25, 0.3) is 0 Å². The van der Waals surface area contributed by atoms with Gasteiger partial charge in [0.2, 0.25) is 0 Å². The fourth-order valence-electron chi connectivity index (χ4n) is 2.40. The minimum atomic E-state index is -4.34. The molecule has 0 spiro atoms. The molecule has 1 aromatic rings. The number of rotatable bonds is 1. The zero-order valence-electron chi connectivity index (χ0n) is 10.4. The average Bonchev–Trinajstić information content (AvgIpc) is 2.39. The molecule has 0 aromatic heterocycles. The van der Waals surface area contributed by atoms with E-state index in [-0.39, 0.29) is 5.41 Å². The van der Waals surface area contributed by atoms with E-state index < -0.39 is 18.5 Å². The van der Waals surface area contributed by atoms with Crippen LogP contribution < -0.4 is 5.46 Å². The fourth-order valence-corrected chi connectivity index (χ4v) is 2.40. The van der Waals surface area contributed by atoms with Gasteiger partial charge in [-0.25, -0.2) is 0 Å². The van der Waals surface area contributed by atoms with Crippen molar-refractivity contribution in [3.8, 4) is 0 Å². The van der Waals surface area contributed by atoms with Gasteiger partial charge in [-0.3, -0.25) is 0 Å². The van der Waals surface area contributed by atoms with Gasteiger partial charge in [-0.15, -0.1) is 5.46 Å². The maximum Gasteiger partial charge on any atom is 0.416 e. The lowest BCUT2D eigenvalue weighted by Gasteiger charge is -2.58. The maximum absolute atomic E-state index is 12.5. The molecular formula is C12H13BF3O3-. The van der Waals surface area contributed by atoms with Crippen molar-refractivity contribution in [2.45, 2.75) is 13.1 Å². The third-order valence-corrected chi connectivity index (χ3v) is 3.60. The summed E-state index contributed by atoms with van der Waals surface area (Å²) in [5, 5.41) is 0. The second-order valence-corrected chi connectivity index (χ2v) is 5.51. The van der Waals surface area contributed by atoms with E-state index in [1.807, 2.05) is 6.92 Å². The molecule has 4 rings (SSSR count). The van der Waals surface area contributed by atoms with Crippen LogP contribution in [0.4, 0.5) is 13.2 Å². The summed E-state index contributed by atoms with van der Waals surface area (Å²) in [7, 11) is 0.